The lowest BCUT2D eigenvalue weighted by molar-refractivity contribution is -0.124. The van der Waals surface area contributed by atoms with E-state index in [2.05, 4.69) is 10.4 Å². The minimum absolute atomic E-state index is 0.0708. The molecule has 0 bridgehead atoms. The van der Waals surface area contributed by atoms with E-state index in [0.29, 0.717) is 12.2 Å². The van der Waals surface area contributed by atoms with Gasteiger partial charge in [-0.15, -0.1) is 0 Å². The van der Waals surface area contributed by atoms with Crippen molar-refractivity contribution in [2.75, 3.05) is 13.2 Å². The first-order valence-electron chi connectivity index (χ1n) is 8.20. The summed E-state index contributed by atoms with van der Waals surface area (Å²) >= 11 is 0. The lowest BCUT2D eigenvalue weighted by Gasteiger charge is -2.16. The van der Waals surface area contributed by atoms with Crippen LogP contribution in [0, 0.1) is 0 Å². The van der Waals surface area contributed by atoms with Crippen molar-refractivity contribution in [3.05, 3.63) is 52.8 Å². The number of hydrogen-bond acceptors (Lipinski definition) is 4. The quantitative estimate of drug-likeness (QED) is 0.908. The minimum Gasteiger partial charge on any atom is -0.376 e. The van der Waals surface area contributed by atoms with E-state index in [4.69, 9.17) is 4.74 Å². The molecule has 2 atom stereocenters. The molecular weight excluding hydrogens is 306 g/mol. The third kappa shape index (κ3) is 3.71. The van der Waals surface area contributed by atoms with Crippen LogP contribution >= 0.6 is 0 Å². The van der Waals surface area contributed by atoms with Crippen LogP contribution < -0.4 is 10.9 Å². The molecule has 0 spiro atoms. The highest BCUT2D eigenvalue weighted by Gasteiger charge is 2.21. The first-order valence-corrected chi connectivity index (χ1v) is 8.20. The van der Waals surface area contributed by atoms with Gasteiger partial charge in [0.2, 0.25) is 5.91 Å². The Morgan fingerprint density at radius 1 is 1.33 bits per heavy atom. The SMILES string of the molecule is CC(C(=O)NCC1CCCO1)n1nc(-c2ccccc2)ccc1=O. The molecule has 6 heteroatoms. The number of benzene rings is 1. The van der Waals surface area contributed by atoms with Crippen molar-refractivity contribution < 1.29 is 9.53 Å². The molecule has 1 aromatic carbocycles. The maximum absolute atomic E-state index is 12.3. The predicted octanol–water partition coefficient (Wildman–Crippen LogP) is 1.77. The van der Waals surface area contributed by atoms with Crippen LogP contribution in [0.15, 0.2) is 47.3 Å². The Labute approximate surface area is 140 Å². The van der Waals surface area contributed by atoms with Crippen molar-refractivity contribution in [3.63, 3.8) is 0 Å². The second-order valence-corrected chi connectivity index (χ2v) is 5.92. The van der Waals surface area contributed by atoms with Gasteiger partial charge in [0.15, 0.2) is 0 Å². The Bertz CT molecular complexity index is 752. The van der Waals surface area contributed by atoms with Crippen molar-refractivity contribution >= 4 is 5.91 Å². The molecule has 1 aliphatic heterocycles. The monoisotopic (exact) mass is 327 g/mol. The van der Waals surface area contributed by atoms with E-state index in [1.165, 1.54) is 10.7 Å². The number of ether oxygens (including phenoxy) is 1. The van der Waals surface area contributed by atoms with Crippen molar-refractivity contribution in [1.82, 2.24) is 15.1 Å². The molecule has 1 aliphatic rings. The maximum atomic E-state index is 12.3. The Balaban J connectivity index is 1.74. The summed E-state index contributed by atoms with van der Waals surface area (Å²) in [6, 6.07) is 12.0. The van der Waals surface area contributed by atoms with Gasteiger partial charge in [0, 0.05) is 24.8 Å². The average Bonchev–Trinajstić information content (AvgIpc) is 3.14. The molecule has 0 saturated carbocycles. The maximum Gasteiger partial charge on any atom is 0.267 e. The Kier molecular flexibility index (Phi) is 5.05. The van der Waals surface area contributed by atoms with Gasteiger partial charge in [-0.25, -0.2) is 4.68 Å². The molecule has 1 saturated heterocycles. The molecule has 2 aromatic rings. The average molecular weight is 327 g/mol. The van der Waals surface area contributed by atoms with Gasteiger partial charge in [-0.1, -0.05) is 30.3 Å². The van der Waals surface area contributed by atoms with Gasteiger partial charge in [0.1, 0.15) is 6.04 Å². The van der Waals surface area contributed by atoms with Gasteiger partial charge in [-0.3, -0.25) is 9.59 Å². The zero-order chi connectivity index (χ0) is 16.9. The van der Waals surface area contributed by atoms with Crippen molar-refractivity contribution in [1.29, 1.82) is 0 Å². The van der Waals surface area contributed by atoms with Gasteiger partial charge in [-0.05, 0) is 25.8 Å². The highest BCUT2D eigenvalue weighted by Crippen LogP contribution is 2.15. The lowest BCUT2D eigenvalue weighted by Crippen LogP contribution is -2.39. The summed E-state index contributed by atoms with van der Waals surface area (Å²) in [5.41, 5.74) is 1.27. The summed E-state index contributed by atoms with van der Waals surface area (Å²) in [6.07, 6.45) is 2.05. The van der Waals surface area contributed by atoms with Crippen molar-refractivity contribution in [2.24, 2.45) is 0 Å². The van der Waals surface area contributed by atoms with Gasteiger partial charge in [0.25, 0.3) is 5.56 Å². The van der Waals surface area contributed by atoms with Crippen LogP contribution in [0.3, 0.4) is 0 Å². The second kappa shape index (κ2) is 7.40. The van der Waals surface area contributed by atoms with Crippen LogP contribution in [-0.2, 0) is 9.53 Å². The Hall–Kier alpha value is -2.47. The molecule has 1 amide bonds. The molecule has 1 aromatic heterocycles. The van der Waals surface area contributed by atoms with Gasteiger partial charge in [0.05, 0.1) is 11.8 Å². The van der Waals surface area contributed by atoms with Crippen LogP contribution in [-0.4, -0.2) is 34.9 Å². The van der Waals surface area contributed by atoms with Gasteiger partial charge < -0.3 is 10.1 Å². The first kappa shape index (κ1) is 16.4. The molecule has 2 heterocycles. The van der Waals surface area contributed by atoms with Crippen LogP contribution in [0.5, 0.6) is 0 Å². The van der Waals surface area contributed by atoms with Crippen LogP contribution in [0.25, 0.3) is 11.3 Å². The lowest BCUT2D eigenvalue weighted by atomic mass is 10.1. The van der Waals surface area contributed by atoms with E-state index in [1.807, 2.05) is 30.3 Å². The van der Waals surface area contributed by atoms with Gasteiger partial charge in [-0.2, -0.15) is 5.10 Å². The molecule has 2 unspecified atom stereocenters. The molecule has 0 radical (unpaired) electrons. The van der Waals surface area contributed by atoms with E-state index < -0.39 is 6.04 Å². The summed E-state index contributed by atoms with van der Waals surface area (Å²) in [6.45, 7) is 2.89. The van der Waals surface area contributed by atoms with E-state index >= 15 is 0 Å². The van der Waals surface area contributed by atoms with E-state index in [0.717, 1.165) is 25.0 Å². The zero-order valence-electron chi connectivity index (χ0n) is 13.6. The zero-order valence-corrected chi connectivity index (χ0v) is 13.6. The second-order valence-electron chi connectivity index (χ2n) is 5.92. The smallest absolute Gasteiger partial charge is 0.267 e. The standard InChI is InChI=1S/C18H21N3O3/c1-13(18(23)19-12-15-8-5-11-24-15)21-17(22)10-9-16(20-21)14-6-3-2-4-7-14/h2-4,6-7,9-10,13,15H,5,8,11-12H2,1H3,(H,19,23). The number of carbonyl (C=O) groups is 1. The number of carbonyl (C=O) groups excluding carboxylic acids is 1. The number of aromatic nitrogens is 2. The molecule has 1 N–H and O–H groups in total. The predicted molar refractivity (Wildman–Crippen MR) is 90.6 cm³/mol. The molecular formula is C18H21N3O3. The van der Waals surface area contributed by atoms with E-state index in [1.54, 1.807) is 13.0 Å². The number of nitrogens with one attached hydrogen (secondary N) is 1. The summed E-state index contributed by atoms with van der Waals surface area (Å²) in [5.74, 6) is -0.231. The third-order valence-corrected chi connectivity index (χ3v) is 4.17. The molecule has 126 valence electrons. The van der Waals surface area contributed by atoms with Crippen molar-refractivity contribution in [2.45, 2.75) is 31.9 Å². The molecule has 24 heavy (non-hydrogen) atoms. The third-order valence-electron chi connectivity index (χ3n) is 4.17. The summed E-state index contributed by atoms with van der Waals surface area (Å²) in [7, 11) is 0. The summed E-state index contributed by atoms with van der Waals surface area (Å²) in [5, 5.41) is 7.20. The molecule has 1 fully saturated rings. The molecule has 6 nitrogen and oxygen atoms in total. The fourth-order valence-electron chi connectivity index (χ4n) is 2.74. The van der Waals surface area contributed by atoms with E-state index in [-0.39, 0.29) is 17.6 Å². The van der Waals surface area contributed by atoms with Crippen molar-refractivity contribution in [3.8, 4) is 11.3 Å². The topological polar surface area (TPSA) is 73.2 Å². The normalized spacial score (nSPS) is 18.3. The summed E-state index contributed by atoms with van der Waals surface area (Å²) in [4.78, 5) is 24.4. The summed E-state index contributed by atoms with van der Waals surface area (Å²) < 4.78 is 6.72. The number of hydrogen-bond donors (Lipinski definition) is 1. The minimum atomic E-state index is -0.678. The van der Waals surface area contributed by atoms with Gasteiger partial charge >= 0.3 is 0 Å². The largest absolute Gasteiger partial charge is 0.376 e. The number of nitrogens with zero attached hydrogens (tertiary/aromatic N) is 2. The van der Waals surface area contributed by atoms with Crippen LogP contribution in [0.1, 0.15) is 25.8 Å². The number of rotatable bonds is 5. The molecule has 3 rings (SSSR count). The Morgan fingerprint density at radius 3 is 2.83 bits per heavy atom. The highest BCUT2D eigenvalue weighted by atomic mass is 16.5. The molecule has 0 aliphatic carbocycles. The Morgan fingerprint density at radius 2 is 2.12 bits per heavy atom. The fourth-order valence-corrected chi connectivity index (χ4v) is 2.74. The first-order chi connectivity index (χ1) is 11.6. The van der Waals surface area contributed by atoms with Crippen LogP contribution in [0.2, 0.25) is 0 Å². The van der Waals surface area contributed by atoms with E-state index in [9.17, 15) is 9.59 Å². The fraction of sp³-hybridized carbons (Fsp3) is 0.389. The van der Waals surface area contributed by atoms with Crippen LogP contribution in [0.4, 0.5) is 0 Å². The number of amides is 1. The highest BCUT2D eigenvalue weighted by molar-refractivity contribution is 5.79.